The monoisotopic (exact) mass is 408 g/mol. The maximum atomic E-state index is 13.3. The molecule has 0 radical (unpaired) electrons. The van der Waals surface area contributed by atoms with Crippen LogP contribution in [0.5, 0.6) is 5.75 Å². The molecule has 0 N–H and O–H groups in total. The van der Waals surface area contributed by atoms with E-state index >= 15 is 0 Å². The van der Waals surface area contributed by atoms with Gasteiger partial charge < -0.3 is 9.64 Å². The molecular weight excluding hydrogens is 388 g/mol. The van der Waals surface area contributed by atoms with Crippen LogP contribution in [0.2, 0.25) is 0 Å². The maximum Gasteiger partial charge on any atom is 0.269 e. The second-order valence-corrected chi connectivity index (χ2v) is 8.52. The van der Waals surface area contributed by atoms with Gasteiger partial charge in [-0.3, -0.25) is 9.10 Å². The Balaban J connectivity index is 1.71. The van der Waals surface area contributed by atoms with Gasteiger partial charge in [-0.1, -0.05) is 48.5 Å². The number of carbonyl (C=O) groups excluding carboxylic acids is 1. The van der Waals surface area contributed by atoms with Crippen molar-refractivity contribution in [3.8, 4) is 5.75 Å². The van der Waals surface area contributed by atoms with Gasteiger partial charge in [0.15, 0.2) is 6.10 Å². The van der Waals surface area contributed by atoms with Gasteiger partial charge in [-0.05, 0) is 36.4 Å². The van der Waals surface area contributed by atoms with Gasteiger partial charge in [-0.2, -0.15) is 0 Å². The number of hydrogen-bond donors (Lipinski definition) is 0. The highest BCUT2D eigenvalue weighted by Gasteiger charge is 2.38. The molecule has 1 atom stereocenters. The van der Waals surface area contributed by atoms with Gasteiger partial charge in [0.1, 0.15) is 5.75 Å². The van der Waals surface area contributed by atoms with Crippen LogP contribution in [0.4, 0.5) is 11.4 Å². The molecule has 0 fully saturated rings. The van der Waals surface area contributed by atoms with Crippen LogP contribution in [0.3, 0.4) is 0 Å². The molecule has 0 aromatic heterocycles. The summed E-state index contributed by atoms with van der Waals surface area (Å²) in [6.07, 6.45) is -0.964. The lowest BCUT2D eigenvalue weighted by Gasteiger charge is -2.36. The van der Waals surface area contributed by atoms with E-state index in [4.69, 9.17) is 4.74 Å². The number of hydrogen-bond acceptors (Lipinski definition) is 4. The van der Waals surface area contributed by atoms with Crippen LogP contribution in [0.25, 0.3) is 0 Å². The second-order valence-electron chi connectivity index (χ2n) is 6.66. The number of benzene rings is 3. The summed E-state index contributed by atoms with van der Waals surface area (Å²) in [7, 11) is -2.20. The van der Waals surface area contributed by atoms with Crippen LogP contribution in [0.1, 0.15) is 0 Å². The van der Waals surface area contributed by atoms with Crippen molar-refractivity contribution >= 4 is 27.3 Å². The minimum absolute atomic E-state index is 0.107. The van der Waals surface area contributed by atoms with Gasteiger partial charge in [-0.15, -0.1) is 0 Å². The van der Waals surface area contributed by atoms with Gasteiger partial charge in [0.05, 0.1) is 17.1 Å². The number of anilines is 2. The van der Waals surface area contributed by atoms with E-state index < -0.39 is 16.1 Å². The summed E-state index contributed by atoms with van der Waals surface area (Å²) in [5.74, 6) is 0.0389. The first kappa shape index (κ1) is 19.0. The van der Waals surface area contributed by atoms with Crippen molar-refractivity contribution in [2.24, 2.45) is 0 Å². The third kappa shape index (κ3) is 3.56. The smallest absolute Gasteiger partial charge is 0.269 e. The Kier molecular flexibility index (Phi) is 4.98. The molecule has 29 heavy (non-hydrogen) atoms. The zero-order chi connectivity index (χ0) is 20.4. The number of likely N-dealkylation sites (N-methyl/N-ethyl adjacent to an activating group) is 1. The Labute approximate surface area is 170 Å². The molecule has 4 rings (SSSR count). The molecule has 0 spiro atoms. The Morgan fingerprint density at radius 1 is 0.931 bits per heavy atom. The van der Waals surface area contributed by atoms with Crippen LogP contribution >= 0.6 is 0 Å². The zero-order valence-electron chi connectivity index (χ0n) is 15.8. The number of para-hydroxylation sites is 3. The Morgan fingerprint density at radius 2 is 1.52 bits per heavy atom. The molecule has 0 aliphatic carbocycles. The molecule has 148 valence electrons. The van der Waals surface area contributed by atoms with Crippen LogP contribution in [-0.4, -0.2) is 34.0 Å². The summed E-state index contributed by atoms with van der Waals surface area (Å²) in [6, 6.07) is 24.2. The van der Waals surface area contributed by atoms with Crippen molar-refractivity contribution in [1.29, 1.82) is 0 Å². The number of nitrogens with zero attached hydrogens (tertiary/aromatic N) is 2. The Hall–Kier alpha value is -3.32. The largest absolute Gasteiger partial charge is 0.476 e. The zero-order valence-corrected chi connectivity index (χ0v) is 16.6. The molecule has 0 saturated heterocycles. The Bertz CT molecular complexity index is 1120. The molecule has 1 amide bonds. The van der Waals surface area contributed by atoms with Crippen molar-refractivity contribution in [1.82, 2.24) is 0 Å². The van der Waals surface area contributed by atoms with E-state index in [9.17, 15) is 13.2 Å². The van der Waals surface area contributed by atoms with Crippen LogP contribution in [0.15, 0.2) is 89.8 Å². The lowest BCUT2D eigenvalue weighted by molar-refractivity contribution is -0.124. The minimum Gasteiger partial charge on any atom is -0.476 e. The van der Waals surface area contributed by atoms with Crippen molar-refractivity contribution in [3.63, 3.8) is 0 Å². The van der Waals surface area contributed by atoms with Crippen molar-refractivity contribution in [3.05, 3.63) is 84.9 Å². The number of fused-ring (bicyclic) bond motifs is 1. The summed E-state index contributed by atoms with van der Waals surface area (Å²) < 4.78 is 33.8. The van der Waals surface area contributed by atoms with Gasteiger partial charge in [0.25, 0.3) is 15.9 Å². The fraction of sp³-hybridized carbons (Fsp3) is 0.136. The fourth-order valence-corrected chi connectivity index (χ4v) is 4.77. The van der Waals surface area contributed by atoms with E-state index in [1.165, 1.54) is 9.21 Å². The van der Waals surface area contributed by atoms with Gasteiger partial charge in [0.2, 0.25) is 0 Å². The second kappa shape index (κ2) is 7.60. The number of sulfonamides is 1. The average Bonchev–Trinajstić information content (AvgIpc) is 2.78. The number of carbonyl (C=O) groups is 1. The quantitative estimate of drug-likeness (QED) is 0.664. The highest BCUT2D eigenvalue weighted by molar-refractivity contribution is 7.92. The van der Waals surface area contributed by atoms with E-state index in [-0.39, 0.29) is 17.3 Å². The summed E-state index contributed by atoms with van der Waals surface area (Å²) in [6.45, 7) is -0.107. The molecule has 0 unspecified atom stereocenters. The standard InChI is InChI=1S/C22H20N2O4S/c1-23(17-10-4-2-5-11-17)22(25)21-16-24(19-14-8-9-15-20(19)28-21)29(26,27)18-12-6-3-7-13-18/h2-15,21H,16H2,1H3/t21-/m0/s1. The molecule has 1 aliphatic rings. The molecule has 1 aliphatic heterocycles. The number of amides is 1. The highest BCUT2D eigenvalue weighted by atomic mass is 32.2. The van der Waals surface area contributed by atoms with E-state index in [0.717, 1.165) is 0 Å². The van der Waals surface area contributed by atoms with Crippen molar-refractivity contribution < 1.29 is 17.9 Å². The van der Waals surface area contributed by atoms with Crippen molar-refractivity contribution in [2.75, 3.05) is 22.8 Å². The first-order chi connectivity index (χ1) is 14.0. The number of rotatable bonds is 4. The van der Waals surface area contributed by atoms with Crippen LogP contribution in [-0.2, 0) is 14.8 Å². The van der Waals surface area contributed by atoms with E-state index in [2.05, 4.69) is 0 Å². The third-order valence-corrected chi connectivity index (χ3v) is 6.61. The van der Waals surface area contributed by atoms with Crippen LogP contribution < -0.4 is 13.9 Å². The highest BCUT2D eigenvalue weighted by Crippen LogP contribution is 2.37. The predicted octanol–water partition coefficient (Wildman–Crippen LogP) is 3.31. The fourth-order valence-electron chi connectivity index (χ4n) is 3.27. The maximum absolute atomic E-state index is 13.3. The summed E-state index contributed by atoms with van der Waals surface area (Å²) in [5, 5.41) is 0. The average molecular weight is 408 g/mol. The molecule has 0 bridgehead atoms. The third-order valence-electron chi connectivity index (χ3n) is 4.82. The SMILES string of the molecule is CN(C(=O)[C@@H]1CN(S(=O)(=O)c2ccccc2)c2ccccc2O1)c1ccccc1. The minimum atomic E-state index is -3.85. The molecule has 0 saturated carbocycles. The first-order valence-electron chi connectivity index (χ1n) is 9.14. The first-order valence-corrected chi connectivity index (χ1v) is 10.6. The van der Waals surface area contributed by atoms with E-state index in [1.807, 2.05) is 30.3 Å². The molecule has 1 heterocycles. The van der Waals surface area contributed by atoms with Crippen LogP contribution in [0, 0.1) is 0 Å². The molecule has 7 heteroatoms. The normalized spacial score (nSPS) is 15.9. The lowest BCUT2D eigenvalue weighted by atomic mass is 10.2. The molecule has 3 aromatic rings. The molecule has 6 nitrogen and oxygen atoms in total. The van der Waals surface area contributed by atoms with E-state index in [1.54, 1.807) is 61.6 Å². The summed E-state index contributed by atoms with van der Waals surface area (Å²) in [5.41, 5.74) is 1.13. The van der Waals surface area contributed by atoms with Gasteiger partial charge in [-0.25, -0.2) is 8.42 Å². The van der Waals surface area contributed by atoms with E-state index in [0.29, 0.717) is 17.1 Å². The Morgan fingerprint density at radius 3 is 2.21 bits per heavy atom. The van der Waals surface area contributed by atoms with Crippen molar-refractivity contribution in [2.45, 2.75) is 11.0 Å². The number of ether oxygens (including phenoxy) is 1. The predicted molar refractivity (Wildman–Crippen MR) is 112 cm³/mol. The molecule has 3 aromatic carbocycles. The summed E-state index contributed by atoms with van der Waals surface area (Å²) in [4.78, 5) is 14.7. The van der Waals surface area contributed by atoms with Gasteiger partial charge >= 0.3 is 0 Å². The molecular formula is C22H20N2O4S. The lowest BCUT2D eigenvalue weighted by Crippen LogP contribution is -2.51. The topological polar surface area (TPSA) is 66.9 Å². The summed E-state index contributed by atoms with van der Waals surface area (Å²) >= 11 is 0. The van der Waals surface area contributed by atoms with Gasteiger partial charge in [0, 0.05) is 12.7 Å².